The second kappa shape index (κ2) is 8.34. The SMILES string of the molecule is Cc1cc(N2CCC(CNS(=O)(=O)c3ccc(-n4cccn4)cc3)CC2)ccn1. The number of hydrogen-bond donors (Lipinski definition) is 1. The quantitative estimate of drug-likeness (QED) is 0.675. The van der Waals surface area contributed by atoms with E-state index in [2.05, 4.69) is 25.8 Å². The zero-order valence-electron chi connectivity index (χ0n) is 16.4. The van der Waals surface area contributed by atoms with E-state index in [0.29, 0.717) is 12.5 Å². The van der Waals surface area contributed by atoms with Crippen LogP contribution in [0.3, 0.4) is 0 Å². The Morgan fingerprint density at radius 2 is 1.83 bits per heavy atom. The number of hydrogen-bond acceptors (Lipinski definition) is 5. The molecule has 152 valence electrons. The van der Waals surface area contributed by atoms with E-state index >= 15 is 0 Å². The molecule has 0 radical (unpaired) electrons. The summed E-state index contributed by atoms with van der Waals surface area (Å²) in [6.07, 6.45) is 7.27. The Bertz CT molecular complexity index is 1040. The Morgan fingerprint density at radius 3 is 2.48 bits per heavy atom. The average Bonchev–Trinajstić information content (AvgIpc) is 3.28. The zero-order valence-corrected chi connectivity index (χ0v) is 17.2. The molecule has 3 heterocycles. The van der Waals surface area contributed by atoms with Crippen LogP contribution in [0.4, 0.5) is 5.69 Å². The number of aryl methyl sites for hydroxylation is 1. The largest absolute Gasteiger partial charge is 0.371 e. The van der Waals surface area contributed by atoms with Gasteiger partial charge in [0.25, 0.3) is 0 Å². The minimum atomic E-state index is -3.52. The van der Waals surface area contributed by atoms with Crippen molar-refractivity contribution in [1.82, 2.24) is 19.5 Å². The van der Waals surface area contributed by atoms with Crippen molar-refractivity contribution in [3.8, 4) is 5.69 Å². The van der Waals surface area contributed by atoms with Crippen molar-refractivity contribution >= 4 is 15.7 Å². The number of rotatable bonds is 6. The molecule has 7 nitrogen and oxygen atoms in total. The Balaban J connectivity index is 1.32. The number of piperidine rings is 1. The van der Waals surface area contributed by atoms with Crippen molar-refractivity contribution in [1.29, 1.82) is 0 Å². The molecule has 1 aliphatic heterocycles. The highest BCUT2D eigenvalue weighted by atomic mass is 32.2. The van der Waals surface area contributed by atoms with E-state index in [-0.39, 0.29) is 4.90 Å². The first-order valence-corrected chi connectivity index (χ1v) is 11.3. The lowest BCUT2D eigenvalue weighted by molar-refractivity contribution is 0.402. The Kier molecular flexibility index (Phi) is 5.64. The molecule has 8 heteroatoms. The molecular weight excluding hydrogens is 386 g/mol. The van der Waals surface area contributed by atoms with Crippen molar-refractivity contribution in [2.75, 3.05) is 24.5 Å². The number of benzene rings is 1. The van der Waals surface area contributed by atoms with E-state index in [1.54, 1.807) is 35.1 Å². The zero-order chi connectivity index (χ0) is 20.3. The number of anilines is 1. The third-order valence-electron chi connectivity index (χ3n) is 5.34. The van der Waals surface area contributed by atoms with Gasteiger partial charge in [0.15, 0.2) is 0 Å². The summed E-state index contributed by atoms with van der Waals surface area (Å²) in [4.78, 5) is 6.86. The van der Waals surface area contributed by atoms with Gasteiger partial charge in [0, 0.05) is 49.6 Å². The molecule has 3 aromatic rings. The van der Waals surface area contributed by atoms with Crippen LogP contribution in [0.5, 0.6) is 0 Å². The summed E-state index contributed by atoms with van der Waals surface area (Å²) in [5.41, 5.74) is 3.03. The van der Waals surface area contributed by atoms with Crippen LogP contribution in [0.25, 0.3) is 5.69 Å². The highest BCUT2D eigenvalue weighted by molar-refractivity contribution is 7.89. The van der Waals surface area contributed by atoms with Crippen molar-refractivity contribution in [2.24, 2.45) is 5.92 Å². The van der Waals surface area contributed by atoms with Crippen LogP contribution in [-0.2, 0) is 10.0 Å². The summed E-state index contributed by atoms with van der Waals surface area (Å²) in [7, 11) is -3.52. The molecule has 1 fully saturated rings. The van der Waals surface area contributed by atoms with E-state index in [1.807, 2.05) is 31.5 Å². The minimum absolute atomic E-state index is 0.276. The molecule has 0 atom stereocenters. The summed E-state index contributed by atoms with van der Waals surface area (Å²) >= 11 is 0. The maximum absolute atomic E-state index is 12.6. The molecule has 1 aliphatic rings. The van der Waals surface area contributed by atoms with Crippen LogP contribution in [0, 0.1) is 12.8 Å². The summed E-state index contributed by atoms with van der Waals surface area (Å²) in [5.74, 6) is 0.340. The minimum Gasteiger partial charge on any atom is -0.371 e. The molecule has 29 heavy (non-hydrogen) atoms. The Morgan fingerprint density at radius 1 is 1.07 bits per heavy atom. The molecule has 1 saturated heterocycles. The van der Waals surface area contributed by atoms with Gasteiger partial charge in [-0.15, -0.1) is 0 Å². The molecule has 0 amide bonds. The van der Waals surface area contributed by atoms with E-state index in [0.717, 1.165) is 37.3 Å². The van der Waals surface area contributed by atoms with Crippen LogP contribution in [-0.4, -0.2) is 42.8 Å². The lowest BCUT2D eigenvalue weighted by Gasteiger charge is -2.33. The van der Waals surface area contributed by atoms with Crippen molar-refractivity contribution in [3.05, 3.63) is 66.7 Å². The number of aromatic nitrogens is 3. The summed E-state index contributed by atoms with van der Waals surface area (Å²) in [6, 6.07) is 12.7. The van der Waals surface area contributed by atoms with Crippen LogP contribution in [0.15, 0.2) is 66.0 Å². The molecule has 2 aromatic heterocycles. The Hall–Kier alpha value is -2.71. The normalized spacial score (nSPS) is 15.6. The van der Waals surface area contributed by atoms with E-state index in [4.69, 9.17) is 0 Å². The lowest BCUT2D eigenvalue weighted by atomic mass is 9.97. The van der Waals surface area contributed by atoms with Crippen LogP contribution < -0.4 is 9.62 Å². The molecule has 0 bridgehead atoms. The van der Waals surface area contributed by atoms with Gasteiger partial charge in [-0.25, -0.2) is 17.8 Å². The third kappa shape index (κ3) is 4.65. The topological polar surface area (TPSA) is 80.1 Å². The van der Waals surface area contributed by atoms with Crippen LogP contribution >= 0.6 is 0 Å². The molecular formula is C21H25N5O2S. The van der Waals surface area contributed by atoms with Gasteiger partial charge in [-0.05, 0) is 68.1 Å². The fourth-order valence-electron chi connectivity index (χ4n) is 3.63. The first-order chi connectivity index (χ1) is 14.0. The van der Waals surface area contributed by atoms with Crippen molar-refractivity contribution in [2.45, 2.75) is 24.7 Å². The molecule has 0 unspecified atom stereocenters. The predicted molar refractivity (Wildman–Crippen MR) is 113 cm³/mol. The van der Waals surface area contributed by atoms with E-state index in [9.17, 15) is 8.42 Å². The Labute approximate surface area is 171 Å². The monoisotopic (exact) mass is 411 g/mol. The van der Waals surface area contributed by atoms with Crippen molar-refractivity contribution in [3.63, 3.8) is 0 Å². The number of sulfonamides is 1. The van der Waals surface area contributed by atoms with E-state index < -0.39 is 10.0 Å². The predicted octanol–water partition coefficient (Wildman–Crippen LogP) is 2.77. The highest BCUT2D eigenvalue weighted by Gasteiger charge is 2.22. The van der Waals surface area contributed by atoms with Gasteiger partial charge in [0.2, 0.25) is 10.0 Å². The van der Waals surface area contributed by atoms with Gasteiger partial charge in [-0.1, -0.05) is 0 Å². The molecule has 0 saturated carbocycles. The van der Waals surface area contributed by atoms with Crippen LogP contribution in [0.1, 0.15) is 18.5 Å². The fraction of sp³-hybridized carbons (Fsp3) is 0.333. The van der Waals surface area contributed by atoms with Crippen molar-refractivity contribution < 1.29 is 8.42 Å². The lowest BCUT2D eigenvalue weighted by Crippen LogP contribution is -2.38. The maximum Gasteiger partial charge on any atom is 0.240 e. The van der Waals surface area contributed by atoms with Gasteiger partial charge in [-0.3, -0.25) is 4.98 Å². The molecule has 1 N–H and O–H groups in total. The summed E-state index contributed by atoms with van der Waals surface area (Å²) in [5, 5.41) is 4.15. The fourth-order valence-corrected chi connectivity index (χ4v) is 4.75. The van der Waals surface area contributed by atoms with E-state index in [1.165, 1.54) is 5.69 Å². The molecule has 4 rings (SSSR count). The van der Waals surface area contributed by atoms with Gasteiger partial charge in [0.05, 0.1) is 10.6 Å². The van der Waals surface area contributed by atoms with Crippen LogP contribution in [0.2, 0.25) is 0 Å². The number of nitrogens with zero attached hydrogens (tertiary/aromatic N) is 4. The standard InChI is InChI=1S/C21H25N5O2S/c1-17-15-20(7-11-22-17)25-13-8-18(9-14-25)16-24-29(27,28)21-5-3-19(4-6-21)26-12-2-10-23-26/h2-7,10-12,15,18,24H,8-9,13-14,16H2,1H3. The number of nitrogens with one attached hydrogen (secondary N) is 1. The number of pyridine rings is 1. The van der Waals surface area contributed by atoms with Gasteiger partial charge in [-0.2, -0.15) is 5.10 Å². The third-order valence-corrected chi connectivity index (χ3v) is 6.78. The maximum atomic E-state index is 12.6. The molecule has 0 spiro atoms. The highest BCUT2D eigenvalue weighted by Crippen LogP contribution is 2.23. The molecule has 1 aromatic carbocycles. The second-order valence-corrected chi connectivity index (χ2v) is 9.15. The summed E-state index contributed by atoms with van der Waals surface area (Å²) in [6.45, 7) is 4.31. The van der Waals surface area contributed by atoms with Gasteiger partial charge in [0.1, 0.15) is 0 Å². The molecule has 0 aliphatic carbocycles. The van der Waals surface area contributed by atoms with Gasteiger partial charge < -0.3 is 4.90 Å². The second-order valence-electron chi connectivity index (χ2n) is 7.38. The van der Waals surface area contributed by atoms with Gasteiger partial charge >= 0.3 is 0 Å². The smallest absolute Gasteiger partial charge is 0.240 e. The summed E-state index contributed by atoms with van der Waals surface area (Å²) < 4.78 is 29.8. The first-order valence-electron chi connectivity index (χ1n) is 9.79. The first kappa shape index (κ1) is 19.6. The average molecular weight is 412 g/mol.